The molecule has 4 rings (SSSR count). The van der Waals surface area contributed by atoms with Gasteiger partial charge >= 0.3 is 0 Å². The summed E-state index contributed by atoms with van der Waals surface area (Å²) in [6, 6.07) is 13.7. The monoisotopic (exact) mass is 384 g/mol. The molecule has 2 aromatic carbocycles. The van der Waals surface area contributed by atoms with Crippen molar-refractivity contribution in [2.24, 2.45) is 0 Å². The van der Waals surface area contributed by atoms with Crippen LogP contribution >= 0.6 is 11.6 Å². The molecule has 1 fully saturated rings. The van der Waals surface area contributed by atoms with E-state index >= 15 is 0 Å². The second kappa shape index (κ2) is 7.53. The number of nitrogens with two attached hydrogens (primary N) is 1. The third-order valence-electron chi connectivity index (χ3n) is 5.94. The first-order chi connectivity index (χ1) is 13.1. The Morgan fingerprint density at radius 2 is 2.00 bits per heavy atom. The zero-order chi connectivity index (χ0) is 18.9. The van der Waals surface area contributed by atoms with E-state index in [9.17, 15) is 4.79 Å². The number of fused-ring (bicyclic) bond motifs is 1. The lowest BCUT2D eigenvalue weighted by molar-refractivity contribution is -0.131. The van der Waals surface area contributed by atoms with Crippen LogP contribution in [0.25, 0.3) is 0 Å². The highest BCUT2D eigenvalue weighted by atomic mass is 35.5. The molecule has 0 radical (unpaired) electrons. The normalized spacial score (nSPS) is 21.3. The van der Waals surface area contributed by atoms with Gasteiger partial charge < -0.3 is 15.8 Å². The molecule has 27 heavy (non-hydrogen) atoms. The number of anilines is 1. The number of halogens is 1. The molecule has 2 aliphatic rings. The second-order valence-electron chi connectivity index (χ2n) is 7.58. The number of nitrogens with one attached hydrogen (secondary N) is 1. The van der Waals surface area contributed by atoms with Gasteiger partial charge in [0.1, 0.15) is 0 Å². The van der Waals surface area contributed by atoms with Crippen molar-refractivity contribution >= 4 is 23.2 Å². The lowest BCUT2D eigenvalue weighted by Crippen LogP contribution is -2.49. The van der Waals surface area contributed by atoms with Crippen molar-refractivity contribution in [3.8, 4) is 0 Å². The highest BCUT2D eigenvalue weighted by Crippen LogP contribution is 2.38. The molecule has 1 amide bonds. The number of hydrogen-bond acceptors (Lipinski definition) is 3. The average molecular weight is 385 g/mol. The number of carbonyl (C=O) groups is 1. The Labute approximate surface area is 165 Å². The van der Waals surface area contributed by atoms with E-state index in [-0.39, 0.29) is 11.9 Å². The first kappa shape index (κ1) is 18.3. The van der Waals surface area contributed by atoms with E-state index < -0.39 is 5.41 Å². The van der Waals surface area contributed by atoms with E-state index in [1.807, 2.05) is 36.4 Å². The second-order valence-corrected chi connectivity index (χ2v) is 8.02. The van der Waals surface area contributed by atoms with Gasteiger partial charge in [0.25, 0.3) is 0 Å². The number of nitrogen functional groups attached to an aromatic ring is 1. The highest BCUT2D eigenvalue weighted by Gasteiger charge is 2.42. The van der Waals surface area contributed by atoms with Crippen LogP contribution < -0.4 is 11.1 Å². The van der Waals surface area contributed by atoms with Crippen LogP contribution in [0.2, 0.25) is 5.02 Å². The summed E-state index contributed by atoms with van der Waals surface area (Å²) >= 11 is 6.23. The van der Waals surface area contributed by atoms with Crippen molar-refractivity contribution in [3.05, 3.63) is 64.2 Å². The number of benzene rings is 2. The fourth-order valence-electron chi connectivity index (χ4n) is 4.43. The van der Waals surface area contributed by atoms with Gasteiger partial charge in [0.05, 0.1) is 11.5 Å². The minimum Gasteiger partial charge on any atom is -0.399 e. The Morgan fingerprint density at radius 1 is 1.19 bits per heavy atom. The summed E-state index contributed by atoms with van der Waals surface area (Å²) in [6.07, 6.45) is 4.35. The number of ether oxygens (including phenoxy) is 1. The van der Waals surface area contributed by atoms with E-state index in [0.717, 1.165) is 30.5 Å². The van der Waals surface area contributed by atoms with Gasteiger partial charge in [-0.05, 0) is 73.1 Å². The number of hydrogen-bond donors (Lipinski definition) is 2. The molecule has 4 nitrogen and oxygen atoms in total. The minimum atomic E-state index is -0.589. The first-order valence-electron chi connectivity index (χ1n) is 9.61. The van der Waals surface area contributed by atoms with E-state index in [2.05, 4.69) is 11.4 Å². The molecule has 142 valence electrons. The van der Waals surface area contributed by atoms with Crippen LogP contribution in [0.3, 0.4) is 0 Å². The Hall–Kier alpha value is -2.04. The third-order valence-corrected chi connectivity index (χ3v) is 6.18. The summed E-state index contributed by atoms with van der Waals surface area (Å²) in [6.45, 7) is 1.16. The van der Waals surface area contributed by atoms with Crippen molar-refractivity contribution in [1.82, 2.24) is 5.32 Å². The van der Waals surface area contributed by atoms with Crippen LogP contribution in [0, 0.1) is 0 Å². The van der Waals surface area contributed by atoms with Crippen LogP contribution in [0.1, 0.15) is 48.4 Å². The van der Waals surface area contributed by atoms with Gasteiger partial charge in [-0.15, -0.1) is 0 Å². The average Bonchev–Trinajstić information content (AvgIpc) is 2.68. The van der Waals surface area contributed by atoms with Crippen LogP contribution in [0.15, 0.2) is 42.5 Å². The summed E-state index contributed by atoms with van der Waals surface area (Å²) in [5, 5.41) is 4.00. The summed E-state index contributed by atoms with van der Waals surface area (Å²) < 4.78 is 5.56. The Morgan fingerprint density at radius 3 is 2.78 bits per heavy atom. The minimum absolute atomic E-state index is 0.0285. The lowest BCUT2D eigenvalue weighted by Gasteiger charge is -2.38. The van der Waals surface area contributed by atoms with Crippen LogP contribution in [0.4, 0.5) is 5.69 Å². The maximum atomic E-state index is 13.5. The largest absolute Gasteiger partial charge is 0.399 e. The molecule has 1 saturated heterocycles. The predicted octanol–water partition coefficient (Wildman–Crippen LogP) is 4.16. The molecule has 0 saturated carbocycles. The third kappa shape index (κ3) is 3.56. The van der Waals surface area contributed by atoms with Gasteiger partial charge in [-0.3, -0.25) is 4.79 Å². The lowest BCUT2D eigenvalue weighted by atomic mass is 9.73. The van der Waals surface area contributed by atoms with Gasteiger partial charge in [-0.2, -0.15) is 0 Å². The number of rotatable bonds is 3. The van der Waals surface area contributed by atoms with Gasteiger partial charge in [0.2, 0.25) is 5.91 Å². The maximum absolute atomic E-state index is 13.5. The molecule has 0 aromatic heterocycles. The Bertz CT molecular complexity index is 846. The SMILES string of the molecule is Nc1ccc2c(c1)CCCC2NC(=O)C1(c2cccc(Cl)c2)CCOCC1. The zero-order valence-electron chi connectivity index (χ0n) is 15.3. The predicted molar refractivity (Wildman–Crippen MR) is 108 cm³/mol. The summed E-state index contributed by atoms with van der Waals surface area (Å²) in [5.74, 6) is 0.0720. The quantitative estimate of drug-likeness (QED) is 0.781. The Balaban J connectivity index is 1.64. The van der Waals surface area contributed by atoms with Crippen LogP contribution in [-0.4, -0.2) is 19.1 Å². The van der Waals surface area contributed by atoms with Crippen molar-refractivity contribution in [2.75, 3.05) is 18.9 Å². The molecule has 2 aromatic rings. The first-order valence-corrected chi connectivity index (χ1v) is 9.99. The Kier molecular flexibility index (Phi) is 5.11. The molecule has 5 heteroatoms. The molecule has 1 heterocycles. The van der Waals surface area contributed by atoms with Crippen molar-refractivity contribution in [3.63, 3.8) is 0 Å². The molecular formula is C22H25ClN2O2. The fraction of sp³-hybridized carbons (Fsp3) is 0.409. The van der Waals surface area contributed by atoms with Gasteiger partial charge in [0, 0.05) is 23.9 Å². The van der Waals surface area contributed by atoms with Gasteiger partial charge in [0.15, 0.2) is 0 Å². The van der Waals surface area contributed by atoms with Gasteiger partial charge in [-0.25, -0.2) is 0 Å². The number of amides is 1. The summed E-state index contributed by atoms with van der Waals surface area (Å²) in [7, 11) is 0. The van der Waals surface area contributed by atoms with Crippen LogP contribution in [0.5, 0.6) is 0 Å². The van der Waals surface area contributed by atoms with E-state index in [1.54, 1.807) is 0 Å². The number of aryl methyl sites for hydroxylation is 1. The van der Waals surface area contributed by atoms with Crippen molar-refractivity contribution < 1.29 is 9.53 Å². The van der Waals surface area contributed by atoms with Crippen molar-refractivity contribution in [1.29, 1.82) is 0 Å². The fourth-order valence-corrected chi connectivity index (χ4v) is 4.62. The van der Waals surface area contributed by atoms with E-state index in [1.165, 1.54) is 11.1 Å². The summed E-state index contributed by atoms with van der Waals surface area (Å²) in [5.41, 5.74) is 9.55. The molecule has 0 bridgehead atoms. The zero-order valence-corrected chi connectivity index (χ0v) is 16.1. The molecule has 0 spiro atoms. The van der Waals surface area contributed by atoms with Gasteiger partial charge in [-0.1, -0.05) is 29.8 Å². The highest BCUT2D eigenvalue weighted by molar-refractivity contribution is 6.30. The smallest absolute Gasteiger partial charge is 0.231 e. The number of carbonyl (C=O) groups excluding carboxylic acids is 1. The van der Waals surface area contributed by atoms with E-state index in [4.69, 9.17) is 22.1 Å². The van der Waals surface area contributed by atoms with Crippen LogP contribution in [-0.2, 0) is 21.4 Å². The molecule has 1 aliphatic heterocycles. The topological polar surface area (TPSA) is 64.3 Å². The molecule has 1 atom stereocenters. The van der Waals surface area contributed by atoms with Crippen molar-refractivity contribution in [2.45, 2.75) is 43.6 Å². The maximum Gasteiger partial charge on any atom is 0.231 e. The summed E-state index contributed by atoms with van der Waals surface area (Å²) in [4.78, 5) is 13.5. The van der Waals surface area contributed by atoms with E-state index in [0.29, 0.717) is 31.1 Å². The molecule has 1 unspecified atom stereocenters. The molecule has 1 aliphatic carbocycles. The molecular weight excluding hydrogens is 360 g/mol. The molecule has 3 N–H and O–H groups in total. The standard InChI is InChI=1S/C22H25ClN2O2/c23-17-5-2-4-16(14-17)22(9-11-27-12-10-22)21(26)25-20-6-1-3-15-13-18(24)7-8-19(15)20/h2,4-5,7-8,13-14,20H,1,3,6,9-12,24H2,(H,25,26).